The fourth-order valence-corrected chi connectivity index (χ4v) is 2.51. The van der Waals surface area contributed by atoms with Crippen LogP contribution in [0.2, 0.25) is 0 Å². The molecule has 0 saturated carbocycles. The monoisotopic (exact) mass is 178 g/mol. The van der Waals surface area contributed by atoms with E-state index >= 15 is 0 Å². The van der Waals surface area contributed by atoms with Gasteiger partial charge in [-0.25, -0.2) is 4.98 Å². The summed E-state index contributed by atoms with van der Waals surface area (Å²) in [6.45, 7) is 8.91. The van der Waals surface area contributed by atoms with Crippen LogP contribution in [-0.4, -0.2) is 9.55 Å². The predicted octanol–water partition coefficient (Wildman–Crippen LogP) is 2.64. The Labute approximate surface area is 80.0 Å². The minimum atomic E-state index is 0.639. The van der Waals surface area contributed by atoms with Gasteiger partial charge >= 0.3 is 0 Å². The first-order valence-electron chi connectivity index (χ1n) is 5.14. The summed E-state index contributed by atoms with van der Waals surface area (Å²) in [6.07, 6.45) is 2.45. The number of aromatic nitrogens is 2. The zero-order chi connectivity index (χ0) is 9.59. The maximum atomic E-state index is 4.61. The van der Waals surface area contributed by atoms with Gasteiger partial charge in [-0.1, -0.05) is 6.92 Å². The van der Waals surface area contributed by atoms with E-state index in [1.54, 1.807) is 0 Å². The summed E-state index contributed by atoms with van der Waals surface area (Å²) in [5.74, 6) is 2.09. The molecule has 13 heavy (non-hydrogen) atoms. The van der Waals surface area contributed by atoms with Gasteiger partial charge in [0, 0.05) is 18.2 Å². The van der Waals surface area contributed by atoms with Crippen molar-refractivity contribution in [3.63, 3.8) is 0 Å². The highest BCUT2D eigenvalue weighted by Gasteiger charge is 2.24. The van der Waals surface area contributed by atoms with E-state index in [9.17, 15) is 0 Å². The summed E-state index contributed by atoms with van der Waals surface area (Å²) in [4.78, 5) is 4.61. The van der Waals surface area contributed by atoms with Gasteiger partial charge in [0.25, 0.3) is 0 Å². The molecule has 0 aromatic carbocycles. The second kappa shape index (κ2) is 2.86. The third-order valence-electron chi connectivity index (χ3n) is 3.18. The Balaban J connectivity index is 2.49. The summed E-state index contributed by atoms with van der Waals surface area (Å²) in [5.41, 5.74) is 2.56. The van der Waals surface area contributed by atoms with Gasteiger partial charge in [-0.15, -0.1) is 0 Å². The molecule has 2 unspecified atom stereocenters. The Hall–Kier alpha value is -0.790. The molecule has 2 heteroatoms. The molecule has 72 valence electrons. The van der Waals surface area contributed by atoms with E-state index in [0.717, 1.165) is 12.3 Å². The number of hydrogen-bond donors (Lipinski definition) is 0. The molecule has 1 aromatic heterocycles. The number of aryl methyl sites for hydroxylation is 1. The third-order valence-corrected chi connectivity index (χ3v) is 3.18. The SMILES string of the molecule is Cc1nc2n(c1C)C(C)CC(C)C2. The molecule has 2 rings (SSSR count). The van der Waals surface area contributed by atoms with Crippen molar-refractivity contribution in [3.8, 4) is 0 Å². The lowest BCUT2D eigenvalue weighted by atomic mass is 9.95. The maximum Gasteiger partial charge on any atom is 0.109 e. The zero-order valence-electron chi connectivity index (χ0n) is 8.96. The highest BCUT2D eigenvalue weighted by atomic mass is 15.1. The van der Waals surface area contributed by atoms with Crippen LogP contribution in [0.25, 0.3) is 0 Å². The Kier molecular flexibility index (Phi) is 1.94. The number of fused-ring (bicyclic) bond motifs is 1. The average Bonchev–Trinajstić information content (AvgIpc) is 2.27. The second-order valence-electron chi connectivity index (χ2n) is 4.46. The third kappa shape index (κ3) is 1.28. The average molecular weight is 178 g/mol. The van der Waals surface area contributed by atoms with E-state index in [2.05, 4.69) is 37.2 Å². The van der Waals surface area contributed by atoms with Crippen LogP contribution in [0.15, 0.2) is 0 Å². The molecule has 2 heterocycles. The fourth-order valence-electron chi connectivity index (χ4n) is 2.51. The van der Waals surface area contributed by atoms with Crippen LogP contribution in [-0.2, 0) is 6.42 Å². The first-order valence-corrected chi connectivity index (χ1v) is 5.14. The lowest BCUT2D eigenvalue weighted by molar-refractivity contribution is 0.339. The molecule has 0 spiro atoms. The largest absolute Gasteiger partial charge is 0.329 e. The minimum Gasteiger partial charge on any atom is -0.329 e. The van der Waals surface area contributed by atoms with E-state index < -0.39 is 0 Å². The van der Waals surface area contributed by atoms with Crippen LogP contribution in [0, 0.1) is 19.8 Å². The van der Waals surface area contributed by atoms with Crippen molar-refractivity contribution in [2.45, 2.75) is 46.6 Å². The van der Waals surface area contributed by atoms with Gasteiger partial charge in [0.05, 0.1) is 5.69 Å². The van der Waals surface area contributed by atoms with E-state index in [4.69, 9.17) is 0 Å². The number of imidazole rings is 1. The fraction of sp³-hybridized carbons (Fsp3) is 0.727. The molecule has 1 aliphatic heterocycles. The molecule has 0 fully saturated rings. The van der Waals surface area contributed by atoms with Gasteiger partial charge in [0.2, 0.25) is 0 Å². The summed E-state index contributed by atoms with van der Waals surface area (Å²) < 4.78 is 2.41. The molecule has 2 nitrogen and oxygen atoms in total. The van der Waals surface area contributed by atoms with E-state index in [-0.39, 0.29) is 0 Å². The van der Waals surface area contributed by atoms with Gasteiger partial charge < -0.3 is 4.57 Å². The zero-order valence-corrected chi connectivity index (χ0v) is 8.96. The molecule has 0 amide bonds. The van der Waals surface area contributed by atoms with Gasteiger partial charge in [0.15, 0.2) is 0 Å². The molecule has 0 radical (unpaired) electrons. The van der Waals surface area contributed by atoms with E-state index in [1.807, 2.05) is 0 Å². The summed E-state index contributed by atoms with van der Waals surface area (Å²) in [7, 11) is 0. The van der Waals surface area contributed by atoms with Gasteiger partial charge in [-0.2, -0.15) is 0 Å². The molecule has 1 aliphatic rings. The first kappa shape index (κ1) is 8.79. The van der Waals surface area contributed by atoms with Crippen molar-refractivity contribution in [1.82, 2.24) is 9.55 Å². The van der Waals surface area contributed by atoms with E-state index in [0.29, 0.717) is 6.04 Å². The molecule has 0 bridgehead atoms. The van der Waals surface area contributed by atoms with Crippen LogP contribution in [0.4, 0.5) is 0 Å². The van der Waals surface area contributed by atoms with Crippen LogP contribution in [0.1, 0.15) is 43.5 Å². The van der Waals surface area contributed by atoms with Crippen molar-refractivity contribution in [3.05, 3.63) is 17.2 Å². The smallest absolute Gasteiger partial charge is 0.109 e. The molecule has 1 aromatic rings. The minimum absolute atomic E-state index is 0.639. The van der Waals surface area contributed by atoms with Crippen molar-refractivity contribution in [2.75, 3.05) is 0 Å². The lowest BCUT2D eigenvalue weighted by Gasteiger charge is -2.27. The second-order valence-corrected chi connectivity index (χ2v) is 4.46. The quantitative estimate of drug-likeness (QED) is 0.597. The molecular formula is C11H18N2. The summed E-state index contributed by atoms with van der Waals surface area (Å²) >= 11 is 0. The standard InChI is InChI=1S/C11H18N2/c1-7-5-8(2)13-10(4)9(3)12-11(13)6-7/h7-8H,5-6H2,1-4H3. The Morgan fingerprint density at radius 1 is 1.31 bits per heavy atom. The number of rotatable bonds is 0. The van der Waals surface area contributed by atoms with Crippen molar-refractivity contribution >= 4 is 0 Å². The molecule has 0 saturated heterocycles. The van der Waals surface area contributed by atoms with Crippen LogP contribution < -0.4 is 0 Å². The Bertz CT molecular complexity index is 325. The number of hydrogen-bond acceptors (Lipinski definition) is 1. The molecular weight excluding hydrogens is 160 g/mol. The van der Waals surface area contributed by atoms with Gasteiger partial charge in [0.1, 0.15) is 5.82 Å². The topological polar surface area (TPSA) is 17.8 Å². The summed E-state index contributed by atoms with van der Waals surface area (Å²) in [6, 6.07) is 0.639. The predicted molar refractivity (Wildman–Crippen MR) is 53.9 cm³/mol. The van der Waals surface area contributed by atoms with Crippen LogP contribution in [0.3, 0.4) is 0 Å². The highest BCUT2D eigenvalue weighted by Crippen LogP contribution is 2.30. The van der Waals surface area contributed by atoms with Crippen molar-refractivity contribution in [1.29, 1.82) is 0 Å². The van der Waals surface area contributed by atoms with Crippen molar-refractivity contribution < 1.29 is 0 Å². The maximum absolute atomic E-state index is 4.61. The molecule has 2 atom stereocenters. The van der Waals surface area contributed by atoms with Crippen LogP contribution in [0.5, 0.6) is 0 Å². The Morgan fingerprint density at radius 3 is 2.69 bits per heavy atom. The number of nitrogens with zero attached hydrogens (tertiary/aromatic N) is 2. The van der Waals surface area contributed by atoms with Crippen LogP contribution >= 0.6 is 0 Å². The Morgan fingerprint density at radius 2 is 2.00 bits per heavy atom. The highest BCUT2D eigenvalue weighted by molar-refractivity contribution is 5.17. The van der Waals surface area contributed by atoms with E-state index in [1.165, 1.54) is 23.6 Å². The molecule has 0 aliphatic carbocycles. The van der Waals surface area contributed by atoms with Gasteiger partial charge in [-0.05, 0) is 33.1 Å². The normalized spacial score (nSPS) is 27.4. The summed E-state index contributed by atoms with van der Waals surface area (Å²) in [5, 5.41) is 0. The van der Waals surface area contributed by atoms with Crippen molar-refractivity contribution in [2.24, 2.45) is 5.92 Å². The molecule has 0 N–H and O–H groups in total. The van der Waals surface area contributed by atoms with Gasteiger partial charge in [-0.3, -0.25) is 0 Å². The lowest BCUT2D eigenvalue weighted by Crippen LogP contribution is -2.21. The first-order chi connectivity index (χ1) is 6.09.